The van der Waals surface area contributed by atoms with Crippen molar-refractivity contribution in [1.82, 2.24) is 14.1 Å². The van der Waals surface area contributed by atoms with Crippen LogP contribution in [-0.4, -0.2) is 14.1 Å². The Labute approximate surface area is 390 Å². The summed E-state index contributed by atoms with van der Waals surface area (Å²) in [6.45, 7) is 4.48. The Balaban J connectivity index is 0.00000517. The summed E-state index contributed by atoms with van der Waals surface area (Å²) < 4.78 is 84.5. The largest absolute Gasteiger partial charge is 0.510 e. The van der Waals surface area contributed by atoms with Gasteiger partial charge in [-0.15, -0.1) is 29.7 Å². The molecule has 0 bridgehead atoms. The number of nitrogens with zero attached hydrogens (tertiary/aromatic N) is 4. The fourth-order valence-electron chi connectivity index (χ4n) is 9.61. The molecule has 5 nitrogen and oxygen atoms in total. The molecular weight excluding hydrogens is 952 g/mol. The number of para-hydroxylation sites is 3. The Morgan fingerprint density at radius 2 is 1.24 bits per heavy atom. The first kappa shape index (κ1) is 29.8. The van der Waals surface area contributed by atoms with Gasteiger partial charge in [0.2, 0.25) is 0 Å². The molecule has 0 atom stereocenters. The van der Waals surface area contributed by atoms with Gasteiger partial charge in [-0.05, 0) is 84.9 Å². The van der Waals surface area contributed by atoms with Gasteiger partial charge in [0.05, 0.1) is 27.7 Å². The van der Waals surface area contributed by atoms with E-state index in [0.29, 0.717) is 45.0 Å². The molecule has 13 rings (SSSR count). The van der Waals surface area contributed by atoms with Crippen LogP contribution in [0.2, 0.25) is 0 Å². The Hall–Kier alpha value is -7.33. The van der Waals surface area contributed by atoms with Gasteiger partial charge >= 0.3 is 0 Å². The van der Waals surface area contributed by atoms with E-state index >= 15 is 0 Å². The molecule has 0 spiro atoms. The Kier molecular flexibility index (Phi) is 6.68. The standard InChI is InChI=1S/C57H36N4O.Pt/c1-57(2)49-25-10-7-21-43(49)48-33-55(58-34-50(48)57)61-52-27-12-9-23-45(52)46-30-29-38(32-54(46)61)62-37-16-13-15-36(31-37)59-35-60-51-26-11-8-22-44(51)41-19-5-3-17-39(41)40-18-4-6-20-42(40)47-24-14-28-53(59)56(47)60;/h3-30,33-34H,1-2H3;/q-2;/i3D,4D,5D,6D,17D,18D,19D,20D;. The van der Waals surface area contributed by atoms with Crippen molar-refractivity contribution in [2.75, 3.05) is 0 Å². The van der Waals surface area contributed by atoms with Gasteiger partial charge in [-0.25, -0.2) is 4.98 Å². The van der Waals surface area contributed by atoms with E-state index in [9.17, 15) is 5.48 Å². The summed E-state index contributed by atoms with van der Waals surface area (Å²) in [5.41, 5.74) is 9.65. The topological polar surface area (TPSA) is 35.9 Å². The zero-order valence-corrected chi connectivity index (χ0v) is 36.0. The monoisotopic (exact) mass is 995 g/mol. The molecule has 8 aromatic carbocycles. The molecule has 302 valence electrons. The predicted molar refractivity (Wildman–Crippen MR) is 247 cm³/mol. The number of benzene rings is 8. The summed E-state index contributed by atoms with van der Waals surface area (Å²) in [5, 5.41) is 2.05. The molecule has 1 aliphatic heterocycles. The summed E-state index contributed by atoms with van der Waals surface area (Å²) in [6.07, 6.45) is 5.51. The van der Waals surface area contributed by atoms with Crippen LogP contribution in [0, 0.1) is 18.5 Å². The van der Waals surface area contributed by atoms with Gasteiger partial charge < -0.3 is 13.9 Å². The molecule has 0 N–H and O–H groups in total. The molecule has 0 amide bonds. The van der Waals surface area contributed by atoms with Crippen LogP contribution < -0.4 is 9.30 Å². The Morgan fingerprint density at radius 1 is 0.587 bits per heavy atom. The fourth-order valence-corrected chi connectivity index (χ4v) is 9.61. The maximum Gasteiger partial charge on any atom is 0.268 e. The van der Waals surface area contributed by atoms with Gasteiger partial charge in [-0.2, -0.15) is 18.2 Å². The number of hydrogen-bond donors (Lipinski definition) is 0. The smallest absolute Gasteiger partial charge is 0.268 e. The summed E-state index contributed by atoms with van der Waals surface area (Å²) in [4.78, 5) is 5.08. The van der Waals surface area contributed by atoms with Crippen molar-refractivity contribution in [1.29, 1.82) is 0 Å². The second-order valence-corrected chi connectivity index (χ2v) is 16.2. The summed E-state index contributed by atoms with van der Waals surface area (Å²) >= 11 is 0. The Morgan fingerprint density at radius 3 is 2.06 bits per heavy atom. The van der Waals surface area contributed by atoms with E-state index in [1.54, 1.807) is 33.4 Å². The molecule has 0 fully saturated rings. The summed E-state index contributed by atoms with van der Waals surface area (Å²) in [7, 11) is 0. The van der Waals surface area contributed by atoms with Crippen LogP contribution in [0.4, 0.5) is 0 Å². The maximum absolute atomic E-state index is 9.36. The SMILES string of the molecule is [2H]c1c([2H])c([2H])c2c(c1[2H])-c1ccccc1-[n+]1[c-]n(-c3[c-]c(Oc4[c-]c5c(cc4)c4ccccc4n5-c4cc5c(cn4)C(C)(C)c4ccccc4-5)ccc3)c3cccc(c31)-c1c([2H])c([2H])c([2H])c([2H])c1-2.[Pt]. The number of hydrogen-bond acceptors (Lipinski definition) is 2. The zero-order chi connectivity index (χ0) is 48.1. The van der Waals surface area contributed by atoms with Crippen molar-refractivity contribution in [2.45, 2.75) is 19.3 Å². The molecule has 63 heavy (non-hydrogen) atoms. The maximum atomic E-state index is 9.36. The second kappa shape index (κ2) is 14.1. The number of fused-ring (bicyclic) bond motifs is 13. The molecule has 0 saturated heterocycles. The van der Waals surface area contributed by atoms with E-state index in [2.05, 4.69) is 79.3 Å². The third kappa shape index (κ3) is 5.53. The normalized spacial score (nSPS) is 14.7. The quantitative estimate of drug-likeness (QED) is 0.130. The predicted octanol–water partition coefficient (Wildman–Crippen LogP) is 13.2. The first-order chi connectivity index (χ1) is 33.8. The van der Waals surface area contributed by atoms with Crippen molar-refractivity contribution < 1.29 is 41.3 Å². The summed E-state index contributed by atoms with van der Waals surface area (Å²) in [6, 6.07) is 44.6. The van der Waals surface area contributed by atoms with Crippen molar-refractivity contribution in [3.8, 4) is 73.2 Å². The van der Waals surface area contributed by atoms with Crippen molar-refractivity contribution in [3.63, 3.8) is 0 Å². The first-order valence-corrected chi connectivity index (χ1v) is 20.4. The van der Waals surface area contributed by atoms with Crippen molar-refractivity contribution in [2.24, 2.45) is 0 Å². The van der Waals surface area contributed by atoms with Crippen LogP contribution in [-0.2, 0) is 26.5 Å². The molecule has 0 saturated carbocycles. The molecule has 11 aromatic rings. The first-order valence-electron chi connectivity index (χ1n) is 24.4. The van der Waals surface area contributed by atoms with Gasteiger partial charge in [0.25, 0.3) is 6.33 Å². The van der Waals surface area contributed by atoms with E-state index in [0.717, 1.165) is 33.2 Å². The fraction of sp³-hybridized carbons (Fsp3) is 0.0526. The van der Waals surface area contributed by atoms with E-state index in [-0.39, 0.29) is 60.8 Å². The minimum Gasteiger partial charge on any atom is -0.510 e. The van der Waals surface area contributed by atoms with E-state index in [1.165, 1.54) is 16.7 Å². The van der Waals surface area contributed by atoms with Gasteiger partial charge in [0, 0.05) is 49.7 Å². The second-order valence-electron chi connectivity index (χ2n) is 16.2. The number of aromatic nitrogens is 4. The molecule has 0 unspecified atom stereocenters. The molecule has 1 aliphatic carbocycles. The number of rotatable bonds is 4. The van der Waals surface area contributed by atoms with Crippen LogP contribution in [0.15, 0.2) is 182 Å². The summed E-state index contributed by atoms with van der Waals surface area (Å²) in [5.74, 6) is 1.63. The zero-order valence-electron chi connectivity index (χ0n) is 41.7. The van der Waals surface area contributed by atoms with Gasteiger partial charge in [-0.1, -0.05) is 147 Å². The van der Waals surface area contributed by atoms with Gasteiger partial charge in [0.1, 0.15) is 5.82 Å². The average molecular weight is 996 g/mol. The van der Waals surface area contributed by atoms with E-state index in [1.807, 2.05) is 66.9 Å². The molecule has 6 heteroatoms. The molecule has 2 aliphatic rings. The minimum absolute atomic E-state index is 0. The average Bonchev–Trinajstić information content (AvgIpc) is 4.01. The third-order valence-electron chi connectivity index (χ3n) is 12.4. The van der Waals surface area contributed by atoms with E-state index in [4.69, 9.17) is 15.2 Å². The van der Waals surface area contributed by atoms with Crippen LogP contribution in [0.25, 0.3) is 94.5 Å². The molecular formula is C57H36N4OPt-2. The number of imidazole rings is 1. The van der Waals surface area contributed by atoms with Crippen LogP contribution in [0.5, 0.6) is 11.5 Å². The number of pyridine rings is 1. The van der Waals surface area contributed by atoms with Gasteiger partial charge in [-0.3, -0.25) is 4.57 Å². The van der Waals surface area contributed by atoms with Crippen molar-refractivity contribution in [3.05, 3.63) is 212 Å². The molecule has 3 aromatic heterocycles. The van der Waals surface area contributed by atoms with Crippen LogP contribution in [0.1, 0.15) is 35.9 Å². The van der Waals surface area contributed by atoms with E-state index < -0.39 is 36.3 Å². The molecule has 0 radical (unpaired) electrons. The Bertz CT molecular complexity index is 4140. The third-order valence-corrected chi connectivity index (χ3v) is 12.4. The van der Waals surface area contributed by atoms with Crippen LogP contribution >= 0.6 is 0 Å². The minimum atomic E-state index is -0.515. The van der Waals surface area contributed by atoms with Crippen LogP contribution in [0.3, 0.4) is 0 Å². The number of ether oxygens (including phenoxy) is 1. The van der Waals surface area contributed by atoms with Gasteiger partial charge in [0.15, 0.2) is 0 Å². The molecule has 4 heterocycles. The van der Waals surface area contributed by atoms with Crippen molar-refractivity contribution >= 4 is 32.8 Å².